The lowest BCUT2D eigenvalue weighted by Crippen LogP contribution is -2.28. The SMILES string of the molecule is O=S(=O)(c1ccccc1P(c1ccccc1)c1ccccc1)c1ccccc1P(c1ccccc1)c1ccccc1. The maximum atomic E-state index is 14.8. The molecule has 0 spiro atoms. The minimum absolute atomic E-state index is 0.363. The van der Waals surface area contributed by atoms with Gasteiger partial charge in [-0.3, -0.25) is 0 Å². The summed E-state index contributed by atoms with van der Waals surface area (Å²) in [4.78, 5) is 0.727. The second-order valence-corrected chi connectivity index (χ2v) is 15.7. The summed E-state index contributed by atoms with van der Waals surface area (Å²) < 4.78 is 29.7. The molecule has 0 aromatic heterocycles. The van der Waals surface area contributed by atoms with Crippen LogP contribution in [0.1, 0.15) is 0 Å². The predicted octanol–water partition coefficient (Wildman–Crippen LogP) is 6.04. The van der Waals surface area contributed by atoms with Gasteiger partial charge in [-0.15, -0.1) is 0 Å². The van der Waals surface area contributed by atoms with Crippen molar-refractivity contribution in [2.45, 2.75) is 9.79 Å². The number of hydrogen-bond acceptors (Lipinski definition) is 2. The van der Waals surface area contributed by atoms with Crippen LogP contribution in [0.4, 0.5) is 0 Å². The third-order valence-electron chi connectivity index (χ3n) is 6.85. The fraction of sp³-hybridized carbons (Fsp3) is 0. The number of benzene rings is 6. The Morgan fingerprint density at radius 2 is 0.561 bits per heavy atom. The first-order valence-corrected chi connectivity index (χ1v) is 17.5. The fourth-order valence-corrected chi connectivity index (χ4v) is 12.4. The Kier molecular flexibility index (Phi) is 8.21. The summed E-state index contributed by atoms with van der Waals surface area (Å²) >= 11 is 0. The summed E-state index contributed by atoms with van der Waals surface area (Å²) in [5.74, 6) is 0. The molecule has 0 aliphatic rings. The monoisotopic (exact) mass is 586 g/mol. The highest BCUT2D eigenvalue weighted by Crippen LogP contribution is 2.39. The molecule has 0 saturated heterocycles. The molecule has 0 atom stereocenters. The van der Waals surface area contributed by atoms with E-state index >= 15 is 0 Å². The van der Waals surface area contributed by atoms with E-state index in [2.05, 4.69) is 48.5 Å². The van der Waals surface area contributed by atoms with E-state index < -0.39 is 25.7 Å². The van der Waals surface area contributed by atoms with Gasteiger partial charge in [0.1, 0.15) is 0 Å². The Bertz CT molecular complexity index is 1630. The quantitative estimate of drug-likeness (QED) is 0.204. The van der Waals surface area contributed by atoms with Crippen molar-refractivity contribution >= 4 is 57.5 Å². The van der Waals surface area contributed by atoms with Gasteiger partial charge >= 0.3 is 0 Å². The highest BCUT2D eigenvalue weighted by molar-refractivity contribution is 7.94. The van der Waals surface area contributed by atoms with Crippen molar-refractivity contribution in [3.63, 3.8) is 0 Å². The van der Waals surface area contributed by atoms with Crippen molar-refractivity contribution in [1.82, 2.24) is 0 Å². The Balaban J connectivity index is 1.56. The van der Waals surface area contributed by atoms with Crippen molar-refractivity contribution in [2.75, 3.05) is 0 Å². The van der Waals surface area contributed by atoms with Crippen molar-refractivity contribution < 1.29 is 8.42 Å². The summed E-state index contributed by atoms with van der Waals surface area (Å²) in [5, 5.41) is 6.11. The topological polar surface area (TPSA) is 34.1 Å². The van der Waals surface area contributed by atoms with Crippen LogP contribution in [-0.2, 0) is 9.84 Å². The second kappa shape index (κ2) is 12.3. The molecule has 0 aliphatic heterocycles. The predicted molar refractivity (Wildman–Crippen MR) is 176 cm³/mol. The van der Waals surface area contributed by atoms with Crippen LogP contribution in [-0.4, -0.2) is 8.42 Å². The van der Waals surface area contributed by atoms with Gasteiger partial charge in [0, 0.05) is 10.6 Å². The van der Waals surface area contributed by atoms with Gasteiger partial charge in [-0.25, -0.2) is 8.42 Å². The third kappa shape index (κ3) is 5.67. The lowest BCUT2D eigenvalue weighted by atomic mass is 10.3. The van der Waals surface area contributed by atoms with E-state index in [0.717, 1.165) is 31.8 Å². The number of rotatable bonds is 8. The fourth-order valence-electron chi connectivity index (χ4n) is 5.02. The molecule has 5 heteroatoms. The van der Waals surface area contributed by atoms with Gasteiger partial charge in [-0.2, -0.15) is 0 Å². The van der Waals surface area contributed by atoms with Crippen LogP contribution in [0.25, 0.3) is 0 Å². The molecule has 0 unspecified atom stereocenters. The summed E-state index contributed by atoms with van der Waals surface area (Å²) in [5.41, 5.74) is 0. The minimum Gasteiger partial charge on any atom is -0.218 e. The lowest BCUT2D eigenvalue weighted by Gasteiger charge is -2.25. The van der Waals surface area contributed by atoms with Crippen LogP contribution in [0.3, 0.4) is 0 Å². The molecule has 0 radical (unpaired) electrons. The Morgan fingerprint density at radius 1 is 0.317 bits per heavy atom. The van der Waals surface area contributed by atoms with Crippen LogP contribution in [0.5, 0.6) is 0 Å². The van der Waals surface area contributed by atoms with Crippen LogP contribution in [0, 0.1) is 0 Å². The van der Waals surface area contributed by atoms with Gasteiger partial charge in [0.05, 0.1) is 9.79 Å². The van der Waals surface area contributed by atoms with E-state index in [4.69, 9.17) is 0 Å². The van der Waals surface area contributed by atoms with Gasteiger partial charge in [0.25, 0.3) is 0 Å². The minimum atomic E-state index is -3.89. The van der Waals surface area contributed by atoms with Crippen LogP contribution in [0.2, 0.25) is 0 Å². The highest BCUT2D eigenvalue weighted by Gasteiger charge is 2.31. The summed E-state index contributed by atoms with van der Waals surface area (Å²) in [6, 6.07) is 56.0. The molecule has 0 bridgehead atoms. The van der Waals surface area contributed by atoms with Gasteiger partial charge in [0.15, 0.2) is 0 Å². The average molecular weight is 587 g/mol. The number of sulfone groups is 1. The van der Waals surface area contributed by atoms with E-state index in [1.807, 2.05) is 109 Å². The maximum Gasteiger partial charge on any atom is 0.207 e. The lowest BCUT2D eigenvalue weighted by molar-refractivity contribution is 0.597. The summed E-state index contributed by atoms with van der Waals surface area (Å²) in [7, 11) is -6.11. The first kappa shape index (κ1) is 27.3. The molecule has 0 aliphatic carbocycles. The smallest absolute Gasteiger partial charge is 0.207 e. The summed E-state index contributed by atoms with van der Waals surface area (Å²) in [6.07, 6.45) is 0. The van der Waals surface area contributed by atoms with E-state index in [-0.39, 0.29) is 0 Å². The zero-order chi connectivity index (χ0) is 28.1. The maximum absolute atomic E-state index is 14.8. The molecule has 6 aromatic carbocycles. The van der Waals surface area contributed by atoms with Gasteiger partial charge < -0.3 is 0 Å². The van der Waals surface area contributed by atoms with Crippen molar-refractivity contribution in [3.8, 4) is 0 Å². The highest BCUT2D eigenvalue weighted by atomic mass is 32.2. The molecule has 0 saturated carbocycles. The second-order valence-electron chi connectivity index (χ2n) is 9.45. The average Bonchev–Trinajstić information content (AvgIpc) is 3.04. The van der Waals surface area contributed by atoms with Gasteiger partial charge in [0.2, 0.25) is 9.84 Å². The van der Waals surface area contributed by atoms with Crippen LogP contribution >= 0.6 is 15.8 Å². The Hall–Kier alpha value is -3.87. The molecule has 200 valence electrons. The standard InChI is InChI=1S/C36H28O2P2S/c37-41(38,35-27-15-13-25-33(35)39(29-17-5-1-6-18-29)30-19-7-2-8-20-30)36-28-16-14-26-34(36)40(31-21-9-3-10-22-31)32-23-11-4-12-24-32/h1-28H. The molecule has 0 N–H and O–H groups in total. The zero-order valence-corrected chi connectivity index (χ0v) is 24.9. The van der Waals surface area contributed by atoms with Crippen LogP contribution < -0.4 is 31.8 Å². The Morgan fingerprint density at radius 3 is 0.854 bits per heavy atom. The number of hydrogen-bond donors (Lipinski definition) is 0. The molecule has 6 aromatic rings. The molecule has 0 fully saturated rings. The van der Waals surface area contributed by atoms with Gasteiger partial charge in [-0.05, 0) is 49.2 Å². The van der Waals surface area contributed by atoms with E-state index in [0.29, 0.717) is 9.79 Å². The zero-order valence-electron chi connectivity index (χ0n) is 22.3. The Labute approximate surface area is 244 Å². The van der Waals surface area contributed by atoms with Crippen molar-refractivity contribution in [1.29, 1.82) is 0 Å². The van der Waals surface area contributed by atoms with E-state index in [1.54, 1.807) is 12.1 Å². The van der Waals surface area contributed by atoms with E-state index in [9.17, 15) is 8.42 Å². The normalized spacial score (nSPS) is 11.6. The third-order valence-corrected chi connectivity index (χ3v) is 14.0. The molecule has 2 nitrogen and oxygen atoms in total. The largest absolute Gasteiger partial charge is 0.218 e. The van der Waals surface area contributed by atoms with Crippen LogP contribution in [0.15, 0.2) is 180 Å². The molecule has 6 rings (SSSR count). The van der Waals surface area contributed by atoms with Gasteiger partial charge in [-0.1, -0.05) is 158 Å². The molecule has 41 heavy (non-hydrogen) atoms. The first-order valence-electron chi connectivity index (χ1n) is 13.4. The van der Waals surface area contributed by atoms with E-state index in [1.165, 1.54) is 0 Å². The molecular weight excluding hydrogens is 558 g/mol. The first-order chi connectivity index (χ1) is 20.1. The van der Waals surface area contributed by atoms with Crippen molar-refractivity contribution in [3.05, 3.63) is 170 Å². The molecular formula is C36H28O2P2S. The molecule has 0 heterocycles. The molecule has 0 amide bonds. The summed E-state index contributed by atoms with van der Waals surface area (Å²) in [6.45, 7) is 0. The van der Waals surface area contributed by atoms with Crippen molar-refractivity contribution in [2.24, 2.45) is 0 Å².